The maximum Gasteiger partial charge on any atom is 0.242 e. The monoisotopic (exact) mass is 328 g/mol. The van der Waals surface area contributed by atoms with Gasteiger partial charge in [0.05, 0.1) is 0 Å². The number of pyridine rings is 1. The van der Waals surface area contributed by atoms with Crippen LogP contribution in [0.1, 0.15) is 25.5 Å². The molecule has 0 bridgehead atoms. The average Bonchev–Trinajstić information content (AvgIpc) is 2.92. The highest BCUT2D eigenvalue weighted by Gasteiger charge is 2.26. The van der Waals surface area contributed by atoms with Crippen LogP contribution in [0.25, 0.3) is 0 Å². The van der Waals surface area contributed by atoms with Gasteiger partial charge in [-0.15, -0.1) is 0 Å². The number of hydrogen-bond acceptors (Lipinski definition) is 5. The summed E-state index contributed by atoms with van der Waals surface area (Å²) in [5.74, 6) is 0. The zero-order valence-corrected chi connectivity index (χ0v) is 13.6. The average molecular weight is 328 g/mol. The van der Waals surface area contributed by atoms with E-state index in [1.54, 1.807) is 6.07 Å². The van der Waals surface area contributed by atoms with E-state index < -0.39 is 10.0 Å². The quantitative estimate of drug-likeness (QED) is 0.739. The van der Waals surface area contributed by atoms with Crippen LogP contribution in [0.3, 0.4) is 0 Å². The third kappa shape index (κ3) is 3.76. The Balaban J connectivity index is 2.14. The van der Waals surface area contributed by atoms with Gasteiger partial charge in [0.2, 0.25) is 10.0 Å². The summed E-state index contributed by atoms with van der Waals surface area (Å²) in [6, 6.07) is 3.27. The number of rotatable bonds is 6. The molecule has 2 heterocycles. The molecule has 6 nitrogen and oxygen atoms in total. The van der Waals surface area contributed by atoms with Crippen molar-refractivity contribution in [1.82, 2.24) is 14.6 Å². The van der Waals surface area contributed by atoms with E-state index in [-0.39, 0.29) is 21.6 Å². The number of likely N-dealkylation sites (N-methyl/N-ethyl adjacent to an activating group) is 1. The Kier molecular flexibility index (Phi) is 5.26. The molecular weight excluding hydrogens is 308 g/mol. The molecule has 1 aromatic heterocycles. The lowest BCUT2D eigenvalue weighted by Gasteiger charge is -2.23. The van der Waals surface area contributed by atoms with Crippen LogP contribution in [0, 0.1) is 0 Å². The molecule has 21 heavy (non-hydrogen) atoms. The fourth-order valence-corrected chi connectivity index (χ4v) is 4.09. The Morgan fingerprint density at radius 2 is 2.38 bits per heavy atom. The Morgan fingerprint density at radius 3 is 3.05 bits per heavy atom. The summed E-state index contributed by atoms with van der Waals surface area (Å²) in [4.78, 5) is 6.26. The fourth-order valence-electron chi connectivity index (χ4n) is 2.62. The van der Waals surface area contributed by atoms with E-state index in [0.717, 1.165) is 25.9 Å². The minimum Gasteiger partial charge on any atom is -0.388 e. The summed E-state index contributed by atoms with van der Waals surface area (Å²) in [7, 11) is -3.66. The second-order valence-electron chi connectivity index (χ2n) is 4.99. The Morgan fingerprint density at radius 1 is 1.62 bits per heavy atom. The summed E-state index contributed by atoms with van der Waals surface area (Å²) >= 11 is 4.86. The molecule has 1 aliphatic rings. The standard InChI is InChI=1S/C13H20N4O2S2/c1-2-17-8-4-5-10(17)9-16-21(18,19)11-6-3-7-15-12(11)13(14)20/h3,6-7,10,16H,2,4-5,8-9H2,1H3,(H2,14,20). The van der Waals surface area contributed by atoms with Crippen molar-refractivity contribution in [2.75, 3.05) is 19.6 Å². The molecule has 116 valence electrons. The van der Waals surface area contributed by atoms with Gasteiger partial charge in [-0.25, -0.2) is 13.1 Å². The third-order valence-corrected chi connectivity index (χ3v) is 5.36. The molecule has 2 rings (SSSR count). The van der Waals surface area contributed by atoms with Crippen molar-refractivity contribution in [2.45, 2.75) is 30.7 Å². The molecule has 1 saturated heterocycles. The van der Waals surface area contributed by atoms with E-state index in [2.05, 4.69) is 21.5 Å². The highest BCUT2D eigenvalue weighted by atomic mass is 32.2. The number of sulfonamides is 1. The molecule has 0 aliphatic carbocycles. The number of thiocarbonyl (C=S) groups is 1. The van der Waals surface area contributed by atoms with Crippen LogP contribution in [-0.2, 0) is 10.0 Å². The molecule has 1 aromatic rings. The fraction of sp³-hybridized carbons (Fsp3) is 0.538. The van der Waals surface area contributed by atoms with Crippen LogP contribution >= 0.6 is 12.2 Å². The van der Waals surface area contributed by atoms with Gasteiger partial charge < -0.3 is 5.73 Å². The molecule has 0 spiro atoms. The Labute approximate surface area is 130 Å². The van der Waals surface area contributed by atoms with Crippen molar-refractivity contribution < 1.29 is 8.42 Å². The van der Waals surface area contributed by atoms with Crippen LogP contribution in [0.2, 0.25) is 0 Å². The van der Waals surface area contributed by atoms with Crippen molar-refractivity contribution in [2.24, 2.45) is 5.73 Å². The molecule has 1 fully saturated rings. The lowest BCUT2D eigenvalue weighted by Crippen LogP contribution is -2.40. The Hall–Kier alpha value is -1.09. The second-order valence-corrected chi connectivity index (χ2v) is 7.17. The number of hydrogen-bond donors (Lipinski definition) is 2. The molecule has 0 amide bonds. The smallest absolute Gasteiger partial charge is 0.242 e. The van der Waals surface area contributed by atoms with Gasteiger partial charge in [-0.2, -0.15) is 0 Å². The maximum atomic E-state index is 12.4. The van der Waals surface area contributed by atoms with Gasteiger partial charge in [0, 0.05) is 18.8 Å². The highest BCUT2D eigenvalue weighted by Crippen LogP contribution is 2.17. The number of nitrogens with two attached hydrogens (primary N) is 1. The van der Waals surface area contributed by atoms with Crippen molar-refractivity contribution in [3.8, 4) is 0 Å². The zero-order valence-electron chi connectivity index (χ0n) is 11.9. The SMILES string of the molecule is CCN1CCCC1CNS(=O)(=O)c1cccnc1C(N)=S. The van der Waals surface area contributed by atoms with E-state index in [0.29, 0.717) is 6.54 Å². The van der Waals surface area contributed by atoms with Crippen LogP contribution in [0.5, 0.6) is 0 Å². The molecular formula is C13H20N4O2S2. The lowest BCUT2D eigenvalue weighted by atomic mass is 10.2. The van der Waals surface area contributed by atoms with E-state index in [1.165, 1.54) is 12.3 Å². The lowest BCUT2D eigenvalue weighted by molar-refractivity contribution is 0.268. The summed E-state index contributed by atoms with van der Waals surface area (Å²) in [6.07, 6.45) is 3.58. The summed E-state index contributed by atoms with van der Waals surface area (Å²) < 4.78 is 27.5. The number of nitrogens with zero attached hydrogens (tertiary/aromatic N) is 2. The first-order chi connectivity index (χ1) is 9.95. The van der Waals surface area contributed by atoms with Crippen molar-refractivity contribution in [1.29, 1.82) is 0 Å². The molecule has 1 atom stereocenters. The molecule has 1 aliphatic heterocycles. The largest absolute Gasteiger partial charge is 0.388 e. The van der Waals surface area contributed by atoms with Gasteiger partial charge in [-0.05, 0) is 38.1 Å². The van der Waals surface area contributed by atoms with Crippen molar-refractivity contribution in [3.63, 3.8) is 0 Å². The van der Waals surface area contributed by atoms with E-state index >= 15 is 0 Å². The first-order valence-electron chi connectivity index (χ1n) is 6.94. The predicted octanol–water partition coefficient (Wildman–Crippen LogP) is 0.478. The van der Waals surface area contributed by atoms with E-state index in [4.69, 9.17) is 18.0 Å². The van der Waals surface area contributed by atoms with Crippen LogP contribution in [-0.4, -0.2) is 49.0 Å². The van der Waals surface area contributed by atoms with Crippen LogP contribution < -0.4 is 10.5 Å². The predicted molar refractivity (Wildman–Crippen MR) is 85.6 cm³/mol. The molecule has 8 heteroatoms. The topological polar surface area (TPSA) is 88.3 Å². The minimum absolute atomic E-state index is 0.0213. The first-order valence-corrected chi connectivity index (χ1v) is 8.83. The minimum atomic E-state index is -3.66. The molecule has 1 unspecified atom stereocenters. The van der Waals surface area contributed by atoms with Crippen molar-refractivity contribution in [3.05, 3.63) is 24.0 Å². The second kappa shape index (κ2) is 6.78. The summed E-state index contributed by atoms with van der Waals surface area (Å²) in [5, 5.41) is 0. The van der Waals surface area contributed by atoms with Gasteiger partial charge in [0.25, 0.3) is 0 Å². The third-order valence-electron chi connectivity index (χ3n) is 3.71. The summed E-state index contributed by atoms with van der Waals surface area (Å²) in [5.41, 5.74) is 5.68. The number of likely N-dealkylation sites (tertiary alicyclic amines) is 1. The first kappa shape index (κ1) is 16.3. The normalized spacial score (nSPS) is 19.8. The van der Waals surface area contributed by atoms with Crippen molar-refractivity contribution >= 4 is 27.2 Å². The molecule has 3 N–H and O–H groups in total. The number of aromatic nitrogens is 1. The maximum absolute atomic E-state index is 12.4. The van der Waals surface area contributed by atoms with E-state index in [9.17, 15) is 8.42 Å². The van der Waals surface area contributed by atoms with Gasteiger partial charge in [0.1, 0.15) is 15.6 Å². The van der Waals surface area contributed by atoms with Crippen LogP contribution in [0.15, 0.2) is 23.2 Å². The molecule has 0 saturated carbocycles. The Bertz CT molecular complexity index is 618. The zero-order chi connectivity index (χ0) is 15.5. The van der Waals surface area contributed by atoms with Gasteiger partial charge in [-0.3, -0.25) is 9.88 Å². The highest BCUT2D eigenvalue weighted by molar-refractivity contribution is 7.89. The van der Waals surface area contributed by atoms with Crippen LogP contribution in [0.4, 0.5) is 0 Å². The van der Waals surface area contributed by atoms with E-state index in [1.807, 2.05) is 0 Å². The molecule has 0 radical (unpaired) electrons. The van der Waals surface area contributed by atoms with Gasteiger partial charge in [0.15, 0.2) is 0 Å². The summed E-state index contributed by atoms with van der Waals surface area (Å²) in [6.45, 7) is 4.42. The van der Waals surface area contributed by atoms with Gasteiger partial charge >= 0.3 is 0 Å². The van der Waals surface area contributed by atoms with Gasteiger partial charge in [-0.1, -0.05) is 19.1 Å². The number of nitrogens with one attached hydrogen (secondary N) is 1. The molecule has 0 aromatic carbocycles.